The number of aryl methyl sites for hydroxylation is 2. The molecule has 2 aromatic heterocycles. The molecule has 0 aliphatic carbocycles. The molecule has 23 heavy (non-hydrogen) atoms. The highest BCUT2D eigenvalue weighted by atomic mass is 32.1. The van der Waals surface area contributed by atoms with E-state index in [1.807, 2.05) is 19.1 Å². The van der Waals surface area contributed by atoms with Crippen molar-refractivity contribution in [1.29, 1.82) is 0 Å². The van der Waals surface area contributed by atoms with Crippen molar-refractivity contribution in [2.24, 2.45) is 0 Å². The molecule has 0 saturated carbocycles. The van der Waals surface area contributed by atoms with Crippen LogP contribution < -0.4 is 5.32 Å². The topological polar surface area (TPSA) is 54.9 Å². The smallest absolute Gasteiger partial charge is 0.229 e. The molecule has 0 spiro atoms. The van der Waals surface area contributed by atoms with Crippen LogP contribution in [0, 0.1) is 13.8 Å². The maximum absolute atomic E-state index is 12.3. The van der Waals surface area contributed by atoms with Gasteiger partial charge in [-0.05, 0) is 26.0 Å². The van der Waals surface area contributed by atoms with E-state index >= 15 is 0 Å². The summed E-state index contributed by atoms with van der Waals surface area (Å²) in [5, 5.41) is 3.85. The second kappa shape index (κ2) is 6.71. The molecule has 2 heterocycles. The number of nitrogens with zero attached hydrogens (tertiary/aromatic N) is 2. The first-order valence-corrected chi connectivity index (χ1v) is 8.16. The van der Waals surface area contributed by atoms with Crippen LogP contribution in [0.1, 0.15) is 15.4 Å². The summed E-state index contributed by atoms with van der Waals surface area (Å²) in [6, 6.07) is 11.8. The van der Waals surface area contributed by atoms with E-state index in [1.54, 1.807) is 35.9 Å². The van der Waals surface area contributed by atoms with Gasteiger partial charge in [0, 0.05) is 28.5 Å². The normalized spacial score (nSPS) is 10.5. The third kappa shape index (κ3) is 3.81. The highest BCUT2D eigenvalue weighted by molar-refractivity contribution is 7.12. The second-order valence-electron chi connectivity index (χ2n) is 5.33. The van der Waals surface area contributed by atoms with E-state index in [1.165, 1.54) is 5.56 Å². The third-order valence-electron chi connectivity index (χ3n) is 3.41. The van der Waals surface area contributed by atoms with Gasteiger partial charge in [0.15, 0.2) is 0 Å². The van der Waals surface area contributed by atoms with Gasteiger partial charge in [0.05, 0.1) is 17.1 Å². The van der Waals surface area contributed by atoms with Gasteiger partial charge in [-0.25, -0.2) is 4.98 Å². The van der Waals surface area contributed by atoms with Gasteiger partial charge in [-0.1, -0.05) is 29.8 Å². The van der Waals surface area contributed by atoms with Crippen LogP contribution in [0.5, 0.6) is 0 Å². The van der Waals surface area contributed by atoms with Gasteiger partial charge in [0.25, 0.3) is 0 Å². The Hall–Kier alpha value is -2.53. The molecular formula is C18H17N3OS. The Morgan fingerprint density at radius 3 is 2.48 bits per heavy atom. The quantitative estimate of drug-likeness (QED) is 0.789. The highest BCUT2D eigenvalue weighted by Gasteiger charge is 2.15. The van der Waals surface area contributed by atoms with Crippen molar-refractivity contribution < 1.29 is 4.79 Å². The Kier molecular flexibility index (Phi) is 4.48. The van der Waals surface area contributed by atoms with E-state index < -0.39 is 0 Å². The van der Waals surface area contributed by atoms with Gasteiger partial charge in [-0.2, -0.15) is 0 Å². The van der Waals surface area contributed by atoms with Crippen molar-refractivity contribution in [3.63, 3.8) is 0 Å². The summed E-state index contributed by atoms with van der Waals surface area (Å²) >= 11 is 1.57. The molecule has 1 aromatic carbocycles. The van der Waals surface area contributed by atoms with Crippen LogP contribution in [0.15, 0.2) is 48.8 Å². The summed E-state index contributed by atoms with van der Waals surface area (Å²) in [6.45, 7) is 4.02. The Labute approximate surface area is 139 Å². The number of amides is 1. The molecule has 0 bridgehead atoms. The minimum absolute atomic E-state index is 0.0480. The van der Waals surface area contributed by atoms with E-state index in [0.29, 0.717) is 6.42 Å². The van der Waals surface area contributed by atoms with Gasteiger partial charge in [-0.15, -0.1) is 11.3 Å². The van der Waals surface area contributed by atoms with E-state index in [0.717, 1.165) is 26.8 Å². The summed E-state index contributed by atoms with van der Waals surface area (Å²) in [5.41, 5.74) is 3.91. The summed E-state index contributed by atoms with van der Waals surface area (Å²) in [5.74, 6) is -0.0480. The predicted octanol–water partition coefficient (Wildman–Crippen LogP) is 4.00. The largest absolute Gasteiger partial charge is 0.326 e. The lowest BCUT2D eigenvalue weighted by molar-refractivity contribution is -0.115. The molecule has 1 amide bonds. The molecule has 3 rings (SSSR count). The zero-order chi connectivity index (χ0) is 16.2. The lowest BCUT2D eigenvalue weighted by Gasteiger charge is -2.05. The number of aromatic nitrogens is 2. The van der Waals surface area contributed by atoms with E-state index in [2.05, 4.69) is 34.3 Å². The SMILES string of the molecule is Cc1ccc(-c2nc(C)sc2CC(=O)Nc2ccncc2)cc1. The molecule has 0 radical (unpaired) electrons. The van der Waals surface area contributed by atoms with E-state index in [4.69, 9.17) is 0 Å². The predicted molar refractivity (Wildman–Crippen MR) is 93.6 cm³/mol. The first-order chi connectivity index (χ1) is 11.1. The maximum Gasteiger partial charge on any atom is 0.229 e. The van der Waals surface area contributed by atoms with Crippen molar-refractivity contribution in [2.45, 2.75) is 20.3 Å². The minimum atomic E-state index is -0.0480. The van der Waals surface area contributed by atoms with Crippen LogP contribution in [0.3, 0.4) is 0 Å². The van der Waals surface area contributed by atoms with E-state index in [-0.39, 0.29) is 5.91 Å². The Balaban J connectivity index is 1.80. The molecule has 1 N–H and O–H groups in total. The number of thiazole rings is 1. The van der Waals surface area contributed by atoms with Crippen LogP contribution in [0.25, 0.3) is 11.3 Å². The molecule has 4 nitrogen and oxygen atoms in total. The Bertz CT molecular complexity index is 810. The average molecular weight is 323 g/mol. The van der Waals surface area contributed by atoms with Crippen LogP contribution in [0.2, 0.25) is 0 Å². The lowest BCUT2D eigenvalue weighted by atomic mass is 10.1. The van der Waals surface area contributed by atoms with Crippen molar-refractivity contribution in [3.8, 4) is 11.3 Å². The number of nitrogens with one attached hydrogen (secondary N) is 1. The third-order valence-corrected chi connectivity index (χ3v) is 4.39. The maximum atomic E-state index is 12.3. The zero-order valence-corrected chi connectivity index (χ0v) is 13.9. The first kappa shape index (κ1) is 15.4. The molecular weight excluding hydrogens is 306 g/mol. The monoisotopic (exact) mass is 323 g/mol. The van der Waals surface area contributed by atoms with Gasteiger partial charge >= 0.3 is 0 Å². The minimum Gasteiger partial charge on any atom is -0.326 e. The molecule has 116 valence electrons. The molecule has 0 unspecified atom stereocenters. The van der Waals surface area contributed by atoms with Crippen molar-refractivity contribution in [2.75, 3.05) is 5.32 Å². The number of rotatable bonds is 4. The van der Waals surface area contributed by atoms with Crippen molar-refractivity contribution in [1.82, 2.24) is 9.97 Å². The molecule has 0 atom stereocenters. The number of benzene rings is 1. The fourth-order valence-corrected chi connectivity index (χ4v) is 3.27. The van der Waals surface area contributed by atoms with Gasteiger partial charge in [-0.3, -0.25) is 9.78 Å². The fraction of sp³-hybridized carbons (Fsp3) is 0.167. The fourth-order valence-electron chi connectivity index (χ4n) is 2.31. The van der Waals surface area contributed by atoms with Gasteiger partial charge in [0.1, 0.15) is 0 Å². The standard InChI is InChI=1S/C18H17N3OS/c1-12-3-5-14(6-4-12)18-16(23-13(2)20-18)11-17(22)21-15-7-9-19-10-8-15/h3-10H,11H2,1-2H3,(H,19,21,22). The Morgan fingerprint density at radius 2 is 1.78 bits per heavy atom. The highest BCUT2D eigenvalue weighted by Crippen LogP contribution is 2.29. The zero-order valence-electron chi connectivity index (χ0n) is 13.0. The number of anilines is 1. The average Bonchev–Trinajstić information content (AvgIpc) is 2.89. The second-order valence-corrected chi connectivity index (χ2v) is 6.62. The number of hydrogen-bond acceptors (Lipinski definition) is 4. The first-order valence-electron chi connectivity index (χ1n) is 7.35. The molecule has 0 saturated heterocycles. The van der Waals surface area contributed by atoms with Crippen LogP contribution >= 0.6 is 11.3 Å². The lowest BCUT2D eigenvalue weighted by Crippen LogP contribution is -2.14. The van der Waals surface area contributed by atoms with Crippen LogP contribution in [-0.2, 0) is 11.2 Å². The number of carbonyl (C=O) groups excluding carboxylic acids is 1. The molecule has 0 aliphatic heterocycles. The number of hydrogen-bond donors (Lipinski definition) is 1. The van der Waals surface area contributed by atoms with Crippen molar-refractivity contribution >= 4 is 22.9 Å². The Morgan fingerprint density at radius 1 is 1.09 bits per heavy atom. The summed E-state index contributed by atoms with van der Waals surface area (Å²) in [7, 11) is 0. The summed E-state index contributed by atoms with van der Waals surface area (Å²) in [4.78, 5) is 21.8. The van der Waals surface area contributed by atoms with E-state index in [9.17, 15) is 4.79 Å². The molecule has 0 aliphatic rings. The summed E-state index contributed by atoms with van der Waals surface area (Å²) in [6.07, 6.45) is 3.63. The number of carbonyl (C=O) groups is 1. The van der Waals surface area contributed by atoms with Crippen LogP contribution in [-0.4, -0.2) is 15.9 Å². The number of pyridine rings is 1. The molecule has 3 aromatic rings. The van der Waals surface area contributed by atoms with Crippen molar-refractivity contribution in [3.05, 3.63) is 64.2 Å². The van der Waals surface area contributed by atoms with Crippen LogP contribution in [0.4, 0.5) is 5.69 Å². The van der Waals surface area contributed by atoms with Gasteiger partial charge in [0.2, 0.25) is 5.91 Å². The summed E-state index contributed by atoms with van der Waals surface area (Å²) < 4.78 is 0. The van der Waals surface area contributed by atoms with Gasteiger partial charge < -0.3 is 5.32 Å². The molecule has 5 heteroatoms. The molecule has 0 fully saturated rings.